The van der Waals surface area contributed by atoms with Gasteiger partial charge in [-0.25, -0.2) is 13.2 Å². The van der Waals surface area contributed by atoms with Gasteiger partial charge in [0.05, 0.1) is 6.04 Å². The van der Waals surface area contributed by atoms with Crippen molar-refractivity contribution in [2.45, 2.75) is 13.0 Å². The number of halogens is 4. The Hall–Kier alpha value is -0.850. The Balaban J connectivity index is 2.46. The minimum absolute atomic E-state index is 0.203. The molecule has 0 saturated carbocycles. The largest absolute Gasteiger partial charge is 0.320 e. The van der Waals surface area contributed by atoms with Crippen molar-refractivity contribution < 1.29 is 13.2 Å². The molecule has 0 aliphatic carbocycles. The van der Waals surface area contributed by atoms with Gasteiger partial charge in [-0.2, -0.15) is 0 Å². The van der Waals surface area contributed by atoms with E-state index in [0.29, 0.717) is 0 Å². The summed E-state index contributed by atoms with van der Waals surface area (Å²) in [6, 6.07) is 3.02. The zero-order valence-corrected chi connectivity index (χ0v) is 11.7. The van der Waals surface area contributed by atoms with E-state index in [2.05, 4.69) is 15.9 Å². The van der Waals surface area contributed by atoms with Crippen LogP contribution in [-0.4, -0.2) is 0 Å². The van der Waals surface area contributed by atoms with Crippen LogP contribution in [0.25, 0.3) is 0 Å². The molecule has 1 unspecified atom stereocenters. The van der Waals surface area contributed by atoms with Gasteiger partial charge in [-0.3, -0.25) is 0 Å². The summed E-state index contributed by atoms with van der Waals surface area (Å²) in [6.07, 6.45) is 0. The van der Waals surface area contributed by atoms with Crippen LogP contribution in [0.1, 0.15) is 21.4 Å². The third-order valence-electron chi connectivity index (χ3n) is 2.48. The summed E-state index contributed by atoms with van der Waals surface area (Å²) in [5, 5.41) is 0. The summed E-state index contributed by atoms with van der Waals surface area (Å²) in [7, 11) is 0. The van der Waals surface area contributed by atoms with E-state index in [-0.39, 0.29) is 5.56 Å². The molecule has 1 nitrogen and oxygen atoms in total. The van der Waals surface area contributed by atoms with Gasteiger partial charge in [-0.15, -0.1) is 11.3 Å². The van der Waals surface area contributed by atoms with Crippen molar-refractivity contribution >= 4 is 27.3 Å². The highest BCUT2D eigenvalue weighted by atomic mass is 79.9. The summed E-state index contributed by atoms with van der Waals surface area (Å²) >= 11 is 4.76. The molecule has 0 amide bonds. The number of hydrogen-bond donors (Lipinski definition) is 1. The summed E-state index contributed by atoms with van der Waals surface area (Å²) in [5.41, 5.74) is 6.15. The van der Waals surface area contributed by atoms with Gasteiger partial charge in [0.1, 0.15) is 0 Å². The lowest BCUT2D eigenvalue weighted by Gasteiger charge is -2.11. The Morgan fingerprint density at radius 1 is 1.17 bits per heavy atom. The van der Waals surface area contributed by atoms with Crippen molar-refractivity contribution in [3.05, 3.63) is 55.4 Å². The summed E-state index contributed by atoms with van der Waals surface area (Å²) in [5.74, 6) is -3.94. The molecule has 2 N–H and O–H groups in total. The zero-order valence-electron chi connectivity index (χ0n) is 9.31. The van der Waals surface area contributed by atoms with Crippen LogP contribution in [-0.2, 0) is 0 Å². The van der Waals surface area contributed by atoms with Crippen molar-refractivity contribution in [2.24, 2.45) is 5.73 Å². The molecule has 1 heterocycles. The Labute approximate surface area is 115 Å². The highest BCUT2D eigenvalue weighted by molar-refractivity contribution is 9.10. The van der Waals surface area contributed by atoms with Gasteiger partial charge in [-0.1, -0.05) is 0 Å². The van der Waals surface area contributed by atoms with Gasteiger partial charge in [-0.05, 0) is 46.6 Å². The first kappa shape index (κ1) is 13.6. The predicted molar refractivity (Wildman–Crippen MR) is 69.1 cm³/mol. The summed E-state index contributed by atoms with van der Waals surface area (Å²) < 4.78 is 39.9. The molecule has 1 aromatic carbocycles. The second-order valence-electron chi connectivity index (χ2n) is 3.85. The maximum Gasteiger partial charge on any atom is 0.194 e. The average molecular weight is 336 g/mol. The Bertz CT molecular complexity index is 574. The molecule has 2 aromatic rings. The van der Waals surface area contributed by atoms with E-state index in [9.17, 15) is 13.2 Å². The van der Waals surface area contributed by atoms with E-state index < -0.39 is 23.5 Å². The molecule has 0 bridgehead atoms. The first-order valence-corrected chi connectivity index (χ1v) is 6.67. The average Bonchev–Trinajstić information content (AvgIpc) is 2.63. The third-order valence-corrected chi connectivity index (χ3v) is 4.54. The van der Waals surface area contributed by atoms with Crippen LogP contribution in [0, 0.1) is 24.4 Å². The van der Waals surface area contributed by atoms with Crippen molar-refractivity contribution in [3.8, 4) is 0 Å². The molecule has 1 atom stereocenters. The fourth-order valence-corrected chi connectivity index (χ4v) is 3.55. The van der Waals surface area contributed by atoms with Gasteiger partial charge in [0.2, 0.25) is 0 Å². The second kappa shape index (κ2) is 5.03. The molecule has 0 spiro atoms. The van der Waals surface area contributed by atoms with Crippen LogP contribution in [0.2, 0.25) is 0 Å². The fourth-order valence-electron chi connectivity index (χ4n) is 1.62. The van der Waals surface area contributed by atoms with Crippen LogP contribution in [0.4, 0.5) is 13.2 Å². The second-order valence-corrected chi connectivity index (χ2v) is 5.99. The molecule has 1 aromatic heterocycles. The van der Waals surface area contributed by atoms with Crippen LogP contribution < -0.4 is 5.73 Å². The van der Waals surface area contributed by atoms with E-state index >= 15 is 0 Å². The number of hydrogen-bond acceptors (Lipinski definition) is 2. The lowest BCUT2D eigenvalue weighted by molar-refractivity contribution is 0.444. The molecule has 0 aliphatic rings. The van der Waals surface area contributed by atoms with E-state index in [1.54, 1.807) is 0 Å². The lowest BCUT2D eigenvalue weighted by atomic mass is 10.1. The van der Waals surface area contributed by atoms with Crippen molar-refractivity contribution in [2.75, 3.05) is 0 Å². The molecule has 18 heavy (non-hydrogen) atoms. The first-order chi connectivity index (χ1) is 8.40. The fraction of sp³-hybridized carbons (Fsp3) is 0.167. The maximum absolute atomic E-state index is 13.1. The van der Waals surface area contributed by atoms with Crippen LogP contribution in [0.15, 0.2) is 22.7 Å². The molecule has 0 radical (unpaired) electrons. The molecular weight excluding hydrogens is 327 g/mol. The van der Waals surface area contributed by atoms with Gasteiger partial charge in [0.25, 0.3) is 0 Å². The van der Waals surface area contributed by atoms with Gasteiger partial charge >= 0.3 is 0 Å². The summed E-state index contributed by atoms with van der Waals surface area (Å²) in [6.45, 7) is 1.90. The molecule has 96 valence electrons. The molecule has 0 fully saturated rings. The number of rotatable bonds is 2. The minimum Gasteiger partial charge on any atom is -0.320 e. The molecule has 6 heteroatoms. The van der Waals surface area contributed by atoms with E-state index in [4.69, 9.17) is 5.73 Å². The van der Waals surface area contributed by atoms with Crippen LogP contribution >= 0.6 is 27.3 Å². The van der Waals surface area contributed by atoms with Gasteiger partial charge in [0, 0.05) is 14.2 Å². The highest BCUT2D eigenvalue weighted by Gasteiger charge is 2.19. The molecule has 0 saturated heterocycles. The number of aryl methyl sites for hydroxylation is 1. The Kier molecular flexibility index (Phi) is 3.79. The minimum atomic E-state index is -1.48. The number of benzene rings is 1. The molecule has 2 rings (SSSR count). The van der Waals surface area contributed by atoms with Gasteiger partial charge in [0.15, 0.2) is 17.5 Å². The van der Waals surface area contributed by atoms with Crippen LogP contribution in [0.3, 0.4) is 0 Å². The van der Waals surface area contributed by atoms with E-state index in [1.165, 1.54) is 11.3 Å². The van der Waals surface area contributed by atoms with E-state index in [1.807, 2.05) is 13.0 Å². The monoisotopic (exact) mass is 335 g/mol. The quantitative estimate of drug-likeness (QED) is 0.814. The third kappa shape index (κ3) is 2.46. The Morgan fingerprint density at radius 3 is 2.17 bits per heavy atom. The number of nitrogens with two attached hydrogens (primary N) is 1. The topological polar surface area (TPSA) is 26.0 Å². The summed E-state index contributed by atoms with van der Waals surface area (Å²) in [4.78, 5) is 1.77. The van der Waals surface area contributed by atoms with Crippen LogP contribution in [0.5, 0.6) is 0 Å². The first-order valence-electron chi connectivity index (χ1n) is 5.06. The SMILES string of the molecule is Cc1cc(Br)c(C(N)c2cc(F)c(F)c(F)c2)s1. The molecule has 0 aliphatic heterocycles. The normalized spacial score (nSPS) is 12.8. The van der Waals surface area contributed by atoms with E-state index in [0.717, 1.165) is 26.4 Å². The standard InChI is InChI=1S/C12H9BrF3NS/c1-5-2-7(13)12(18-5)11(17)6-3-8(14)10(16)9(15)4-6/h2-4,11H,17H2,1H3. The number of thiophene rings is 1. The van der Waals surface area contributed by atoms with Crippen molar-refractivity contribution in [1.82, 2.24) is 0 Å². The predicted octanol–water partition coefficient (Wildman–Crippen LogP) is 4.28. The van der Waals surface area contributed by atoms with Crippen molar-refractivity contribution in [1.29, 1.82) is 0 Å². The Morgan fingerprint density at radius 2 is 1.72 bits per heavy atom. The molecular formula is C12H9BrF3NS. The van der Waals surface area contributed by atoms with Gasteiger partial charge < -0.3 is 5.73 Å². The highest BCUT2D eigenvalue weighted by Crippen LogP contribution is 2.34. The maximum atomic E-state index is 13.1. The lowest BCUT2D eigenvalue weighted by Crippen LogP contribution is -2.12. The smallest absolute Gasteiger partial charge is 0.194 e. The zero-order chi connectivity index (χ0) is 13.4. The van der Waals surface area contributed by atoms with Crippen molar-refractivity contribution in [3.63, 3.8) is 0 Å².